The van der Waals surface area contributed by atoms with Crippen molar-refractivity contribution in [3.05, 3.63) is 0 Å². The van der Waals surface area contributed by atoms with Gasteiger partial charge in [0.2, 0.25) is 0 Å². The van der Waals surface area contributed by atoms with Gasteiger partial charge in [0.1, 0.15) is 0 Å². The molecule has 0 rings (SSSR count). The molecule has 0 fully saturated rings. The van der Waals surface area contributed by atoms with Crippen LogP contribution in [0, 0.1) is 0 Å². The van der Waals surface area contributed by atoms with Gasteiger partial charge >= 0.3 is 168 Å². The Hall–Kier alpha value is 1.12. The molecule has 0 saturated heterocycles. The van der Waals surface area contributed by atoms with E-state index in [-0.39, 0.29) is 24.0 Å². The summed E-state index contributed by atoms with van der Waals surface area (Å²) in [5, 5.41) is 0. The summed E-state index contributed by atoms with van der Waals surface area (Å²) < 4.78 is 0. The van der Waals surface area contributed by atoms with Crippen LogP contribution in [0.25, 0.3) is 0 Å². The number of rotatable bonds is 21. The number of unbranched alkanes of at least 4 members (excludes halogenated alkanes) is 15. The first-order valence-corrected chi connectivity index (χ1v) is 15.2. The first-order chi connectivity index (χ1) is 12.7. The Morgan fingerprint density at radius 3 is 0.889 bits per heavy atom. The molecule has 0 spiro atoms. The van der Waals surface area contributed by atoms with E-state index >= 15 is 0 Å². The monoisotopic (exact) mass is 515 g/mol. The minimum absolute atomic E-state index is 0. The maximum absolute atomic E-state index is 7.06. The van der Waals surface area contributed by atoms with Crippen molar-refractivity contribution in [3.63, 3.8) is 0 Å². The number of hydrogen-bond donors (Lipinski definition) is 1. The van der Waals surface area contributed by atoms with Gasteiger partial charge < -0.3 is 0 Å². The zero-order valence-electron chi connectivity index (χ0n) is 19.3. The van der Waals surface area contributed by atoms with E-state index in [1.165, 1.54) is 134 Å². The second-order valence-electron chi connectivity index (χ2n) is 8.92. The van der Waals surface area contributed by atoms with Gasteiger partial charge in [0.25, 0.3) is 0 Å². The smallest absolute Gasteiger partial charge is 0.107 e. The van der Waals surface area contributed by atoms with E-state index in [0.29, 0.717) is 0 Å². The Bertz CT molecular complexity index is 232. The van der Waals surface area contributed by atoms with Crippen LogP contribution >= 0.6 is 31.4 Å². The molecular formula is C24H55INP. The van der Waals surface area contributed by atoms with E-state index in [0.717, 1.165) is 0 Å². The van der Waals surface area contributed by atoms with Crippen LogP contribution in [0.5, 0.6) is 0 Å². The van der Waals surface area contributed by atoms with Crippen LogP contribution < -0.4 is 5.50 Å². The fraction of sp³-hybridized carbons (Fsp3) is 1.00. The zero-order valence-corrected chi connectivity index (χ0v) is 22.7. The summed E-state index contributed by atoms with van der Waals surface area (Å²) in [6, 6.07) is 0. The molecule has 0 aromatic carbocycles. The van der Waals surface area contributed by atoms with Gasteiger partial charge in [-0.3, -0.25) is 0 Å². The van der Waals surface area contributed by atoms with E-state index in [9.17, 15) is 0 Å². The zero-order chi connectivity index (χ0) is 19.3. The van der Waals surface area contributed by atoms with E-state index < -0.39 is 7.41 Å². The van der Waals surface area contributed by atoms with Gasteiger partial charge in [0.05, 0.1) is 0 Å². The maximum atomic E-state index is 7.06. The van der Waals surface area contributed by atoms with Crippen molar-refractivity contribution in [2.24, 2.45) is 5.50 Å². The predicted octanol–water partition coefficient (Wildman–Crippen LogP) is 9.31. The van der Waals surface area contributed by atoms with Gasteiger partial charge in [-0.25, -0.2) is 0 Å². The summed E-state index contributed by atoms with van der Waals surface area (Å²) in [7, 11) is -1.45. The van der Waals surface area contributed by atoms with Crippen molar-refractivity contribution in [3.8, 4) is 0 Å². The Morgan fingerprint density at radius 1 is 0.407 bits per heavy atom. The topological polar surface area (TPSA) is 26.0 Å². The second-order valence-corrected chi connectivity index (χ2v) is 13.1. The van der Waals surface area contributed by atoms with Crippen LogP contribution in [0.15, 0.2) is 0 Å². The average molecular weight is 516 g/mol. The van der Waals surface area contributed by atoms with Gasteiger partial charge in [-0.1, -0.05) is 0 Å². The molecule has 3 heteroatoms. The van der Waals surface area contributed by atoms with E-state index in [1.807, 2.05) is 0 Å². The third-order valence-electron chi connectivity index (χ3n) is 6.08. The summed E-state index contributed by atoms with van der Waals surface area (Å²) >= 11 is 0. The van der Waals surface area contributed by atoms with Crippen molar-refractivity contribution in [2.45, 2.75) is 136 Å². The van der Waals surface area contributed by atoms with E-state index in [4.69, 9.17) is 5.50 Å². The fourth-order valence-electron chi connectivity index (χ4n) is 4.15. The molecule has 0 aliphatic carbocycles. The largest absolute Gasteiger partial charge is 0.107 e. The molecular weight excluding hydrogens is 460 g/mol. The Morgan fingerprint density at radius 2 is 0.630 bits per heavy atom. The molecule has 0 aromatic rings. The van der Waals surface area contributed by atoms with Crippen molar-refractivity contribution in [1.29, 1.82) is 0 Å². The van der Waals surface area contributed by atoms with Crippen LogP contribution in [0.4, 0.5) is 0 Å². The van der Waals surface area contributed by atoms with Gasteiger partial charge in [0, 0.05) is 0 Å². The van der Waals surface area contributed by atoms with Crippen molar-refractivity contribution < 1.29 is 0 Å². The Kier molecular flexibility index (Phi) is 26.3. The quantitative estimate of drug-likeness (QED) is 0.0920. The maximum Gasteiger partial charge on any atom is -0.107 e. The number of halogens is 1. The molecule has 0 saturated carbocycles. The van der Waals surface area contributed by atoms with Gasteiger partial charge in [-0.15, -0.1) is 24.0 Å². The molecule has 0 bridgehead atoms. The predicted molar refractivity (Wildman–Crippen MR) is 143 cm³/mol. The molecule has 0 atom stereocenters. The van der Waals surface area contributed by atoms with Gasteiger partial charge in [-0.05, 0) is 0 Å². The van der Waals surface area contributed by atoms with E-state index in [1.54, 1.807) is 0 Å². The van der Waals surface area contributed by atoms with Crippen LogP contribution in [-0.2, 0) is 0 Å². The summed E-state index contributed by atoms with van der Waals surface area (Å²) in [5.41, 5.74) is 7.06. The molecule has 0 radical (unpaired) electrons. The Labute approximate surface area is 191 Å². The summed E-state index contributed by atoms with van der Waals surface area (Å²) in [5.74, 6) is 0. The van der Waals surface area contributed by atoms with Crippen LogP contribution in [-0.4, -0.2) is 18.5 Å². The molecule has 0 unspecified atom stereocenters. The number of nitrogens with two attached hydrogens (primary N) is 1. The summed E-state index contributed by atoms with van der Waals surface area (Å²) in [4.78, 5) is 0. The molecule has 0 aliphatic rings. The molecule has 168 valence electrons. The van der Waals surface area contributed by atoms with Crippen molar-refractivity contribution >= 4 is 31.4 Å². The minimum atomic E-state index is -1.45. The average Bonchev–Trinajstić information content (AvgIpc) is 2.64. The minimum Gasteiger partial charge on any atom is -0.107 e. The van der Waals surface area contributed by atoms with E-state index in [2.05, 4.69) is 20.8 Å². The van der Waals surface area contributed by atoms with Crippen LogP contribution in [0.1, 0.15) is 136 Å². The first-order valence-electron chi connectivity index (χ1n) is 12.5. The molecule has 0 heterocycles. The molecule has 0 aliphatic heterocycles. The van der Waals surface area contributed by atoms with Crippen LogP contribution in [0.2, 0.25) is 0 Å². The Balaban J connectivity index is 0. The first kappa shape index (κ1) is 30.3. The van der Waals surface area contributed by atoms with Crippen molar-refractivity contribution in [2.75, 3.05) is 18.5 Å². The van der Waals surface area contributed by atoms with Gasteiger partial charge in [0.15, 0.2) is 0 Å². The summed E-state index contributed by atoms with van der Waals surface area (Å²) in [6.07, 6.45) is 29.7. The second kappa shape index (κ2) is 23.4. The molecule has 27 heavy (non-hydrogen) atoms. The normalized spacial score (nSPS) is 12.1. The third-order valence-corrected chi connectivity index (χ3v) is 10.1. The SMILES string of the molecule is CCCCCCCC[PH](N)(CCCCCCCC)CCCCCCCC.I. The standard InChI is InChI=1S/C24H54NP.HI/c1-4-7-10-13-16-19-22-26(25,23-20-17-14-11-8-5-2)24-21-18-15-12-9-6-3;/h26H,4-25H2,1-3H3;1H. The third kappa shape index (κ3) is 21.6. The number of hydrogen-bond acceptors (Lipinski definition) is 1. The van der Waals surface area contributed by atoms with Crippen molar-refractivity contribution in [1.82, 2.24) is 0 Å². The molecule has 0 aromatic heterocycles. The van der Waals surface area contributed by atoms with Gasteiger partial charge in [-0.2, -0.15) is 0 Å². The van der Waals surface area contributed by atoms with Crippen LogP contribution in [0.3, 0.4) is 0 Å². The molecule has 1 nitrogen and oxygen atoms in total. The summed E-state index contributed by atoms with van der Waals surface area (Å²) in [6.45, 7) is 6.91. The molecule has 2 N–H and O–H groups in total. The fourth-order valence-corrected chi connectivity index (χ4v) is 7.76. The molecule has 0 amide bonds.